The number of ether oxygens (including phenoxy) is 1. The number of rotatable bonds is 5. The van der Waals surface area contributed by atoms with Crippen LogP contribution in [0, 0.1) is 6.92 Å². The Hall–Kier alpha value is -2.84. The van der Waals surface area contributed by atoms with Gasteiger partial charge in [0, 0.05) is 33.3 Å². The summed E-state index contributed by atoms with van der Waals surface area (Å²) in [4.78, 5) is 38.4. The Morgan fingerprint density at radius 3 is 2.60 bits per heavy atom. The molecule has 0 aliphatic rings. The lowest BCUT2D eigenvalue weighted by atomic mass is 10.0. The molecule has 0 N–H and O–H groups in total. The zero-order valence-corrected chi connectivity index (χ0v) is 18.8. The van der Waals surface area contributed by atoms with E-state index in [1.165, 1.54) is 15.9 Å². The second kappa shape index (κ2) is 7.77. The lowest BCUT2D eigenvalue weighted by molar-refractivity contribution is -0.152. The predicted molar refractivity (Wildman–Crippen MR) is 121 cm³/mol. The monoisotopic (exact) mass is 439 g/mol. The van der Waals surface area contributed by atoms with Crippen LogP contribution in [0.2, 0.25) is 0 Å². The number of pyridine rings is 1. The van der Waals surface area contributed by atoms with E-state index in [0.29, 0.717) is 21.6 Å². The molecule has 4 heterocycles. The molecule has 0 saturated carbocycles. The maximum atomic E-state index is 13.9. The van der Waals surface area contributed by atoms with Crippen LogP contribution < -0.4 is 5.56 Å². The zero-order chi connectivity index (χ0) is 21.5. The van der Waals surface area contributed by atoms with Gasteiger partial charge in [0.15, 0.2) is 0 Å². The van der Waals surface area contributed by atoms with E-state index in [1.807, 2.05) is 24.4 Å². The van der Waals surface area contributed by atoms with E-state index in [-0.39, 0.29) is 12.2 Å². The first-order chi connectivity index (χ1) is 14.4. The molecule has 0 unspecified atom stereocenters. The van der Waals surface area contributed by atoms with Gasteiger partial charge in [0.2, 0.25) is 0 Å². The van der Waals surface area contributed by atoms with E-state index in [4.69, 9.17) is 9.72 Å². The Labute approximate surface area is 181 Å². The minimum absolute atomic E-state index is 0.231. The first-order valence-corrected chi connectivity index (χ1v) is 11.2. The van der Waals surface area contributed by atoms with Crippen LogP contribution in [0.1, 0.15) is 25.6 Å². The van der Waals surface area contributed by atoms with Crippen molar-refractivity contribution >= 4 is 38.9 Å². The van der Waals surface area contributed by atoms with Gasteiger partial charge in [-0.25, -0.2) is 9.78 Å². The fraction of sp³-hybridized carbons (Fsp3) is 0.273. The summed E-state index contributed by atoms with van der Waals surface area (Å²) in [7, 11) is 0. The fourth-order valence-corrected chi connectivity index (χ4v) is 5.42. The Kier molecular flexibility index (Phi) is 5.29. The molecule has 30 heavy (non-hydrogen) atoms. The highest BCUT2D eigenvalue weighted by molar-refractivity contribution is 7.20. The van der Waals surface area contributed by atoms with Crippen LogP contribution in [-0.2, 0) is 15.1 Å². The Bertz CT molecular complexity index is 1270. The predicted octanol–water partition coefficient (Wildman–Crippen LogP) is 4.86. The van der Waals surface area contributed by atoms with Crippen LogP contribution >= 0.6 is 22.7 Å². The Morgan fingerprint density at radius 1 is 1.23 bits per heavy atom. The number of esters is 1. The maximum Gasteiger partial charge on any atom is 0.331 e. The minimum atomic E-state index is -1.24. The van der Waals surface area contributed by atoms with Gasteiger partial charge in [-0.3, -0.25) is 14.3 Å². The van der Waals surface area contributed by atoms with E-state index >= 15 is 0 Å². The molecule has 0 atom stereocenters. The number of thiophene rings is 2. The van der Waals surface area contributed by atoms with Crippen LogP contribution in [0.5, 0.6) is 0 Å². The number of hydrogen-bond acceptors (Lipinski definition) is 7. The van der Waals surface area contributed by atoms with Gasteiger partial charge in [-0.1, -0.05) is 6.07 Å². The SMILES string of the molecule is CCOC(=O)C(C)(C)n1c(-c2ccncc2)nc2sc(C)c(-c3cccs3)c2c1=O. The molecule has 0 saturated heterocycles. The number of fused-ring (bicyclic) bond motifs is 1. The number of aryl methyl sites for hydroxylation is 1. The number of nitrogens with zero attached hydrogens (tertiary/aromatic N) is 3. The van der Waals surface area contributed by atoms with Crippen molar-refractivity contribution < 1.29 is 9.53 Å². The lowest BCUT2D eigenvalue weighted by Gasteiger charge is -2.27. The van der Waals surface area contributed by atoms with Crippen molar-refractivity contribution in [1.82, 2.24) is 14.5 Å². The second-order valence-corrected chi connectivity index (χ2v) is 9.43. The van der Waals surface area contributed by atoms with Crippen molar-refractivity contribution in [2.24, 2.45) is 0 Å². The molecule has 0 fully saturated rings. The smallest absolute Gasteiger partial charge is 0.331 e. The normalized spacial score (nSPS) is 11.7. The number of carbonyl (C=O) groups is 1. The van der Waals surface area contributed by atoms with Crippen LogP contribution in [0.4, 0.5) is 0 Å². The highest BCUT2D eigenvalue weighted by Gasteiger charge is 2.36. The summed E-state index contributed by atoms with van der Waals surface area (Å²) in [5, 5.41) is 2.52. The van der Waals surface area contributed by atoms with Crippen molar-refractivity contribution in [2.45, 2.75) is 33.2 Å². The molecule has 0 spiro atoms. The first kappa shape index (κ1) is 20.4. The van der Waals surface area contributed by atoms with Gasteiger partial charge in [0.05, 0.1) is 12.0 Å². The number of hydrogen-bond donors (Lipinski definition) is 0. The van der Waals surface area contributed by atoms with Crippen molar-refractivity contribution in [2.75, 3.05) is 6.61 Å². The quantitative estimate of drug-likeness (QED) is 0.415. The van der Waals surface area contributed by atoms with Crippen LogP contribution in [0.15, 0.2) is 46.8 Å². The minimum Gasteiger partial charge on any atom is -0.464 e. The van der Waals surface area contributed by atoms with Gasteiger partial charge in [0.1, 0.15) is 16.2 Å². The molecule has 4 aromatic heterocycles. The summed E-state index contributed by atoms with van der Waals surface area (Å²) < 4.78 is 6.76. The molecule has 0 radical (unpaired) electrons. The lowest BCUT2D eigenvalue weighted by Crippen LogP contribution is -2.45. The molecule has 0 aliphatic heterocycles. The summed E-state index contributed by atoms with van der Waals surface area (Å²) in [5.41, 5.74) is 0.107. The van der Waals surface area contributed by atoms with E-state index < -0.39 is 11.5 Å². The fourth-order valence-electron chi connectivity index (χ4n) is 3.49. The largest absolute Gasteiger partial charge is 0.464 e. The number of carbonyl (C=O) groups excluding carboxylic acids is 1. The standard InChI is InChI=1S/C22H21N3O3S2/c1-5-28-21(27)22(3,4)25-18(14-8-10-23-11-9-14)24-19-17(20(25)26)16(13(2)30-19)15-7-6-12-29-15/h6-12H,5H2,1-4H3. The summed E-state index contributed by atoms with van der Waals surface area (Å²) in [5.74, 6) is -0.0555. The number of aromatic nitrogens is 3. The molecular weight excluding hydrogens is 418 g/mol. The van der Waals surface area contributed by atoms with Crippen LogP contribution in [0.3, 0.4) is 0 Å². The van der Waals surface area contributed by atoms with E-state index in [9.17, 15) is 9.59 Å². The molecule has 0 aromatic carbocycles. The van der Waals surface area contributed by atoms with Crippen LogP contribution in [-0.4, -0.2) is 27.1 Å². The molecule has 4 rings (SSSR count). The highest BCUT2D eigenvalue weighted by Crippen LogP contribution is 2.39. The van der Waals surface area contributed by atoms with Crippen molar-refractivity contribution in [1.29, 1.82) is 0 Å². The third-order valence-electron chi connectivity index (χ3n) is 4.94. The second-order valence-electron chi connectivity index (χ2n) is 7.28. The zero-order valence-electron chi connectivity index (χ0n) is 17.1. The molecule has 0 bridgehead atoms. The Balaban J connectivity index is 2.11. The maximum absolute atomic E-state index is 13.9. The van der Waals surface area contributed by atoms with Crippen molar-refractivity contribution in [3.8, 4) is 21.8 Å². The summed E-state index contributed by atoms with van der Waals surface area (Å²) >= 11 is 3.07. The van der Waals surface area contributed by atoms with Crippen molar-refractivity contribution in [3.63, 3.8) is 0 Å². The summed E-state index contributed by atoms with van der Waals surface area (Å²) in [6, 6.07) is 7.52. The van der Waals surface area contributed by atoms with Gasteiger partial charge in [-0.2, -0.15) is 0 Å². The molecular formula is C22H21N3O3S2. The third kappa shape index (κ3) is 3.26. The van der Waals surface area contributed by atoms with E-state index in [1.54, 1.807) is 56.6 Å². The molecule has 6 nitrogen and oxygen atoms in total. The molecule has 154 valence electrons. The van der Waals surface area contributed by atoms with Crippen molar-refractivity contribution in [3.05, 3.63) is 57.3 Å². The van der Waals surface area contributed by atoms with Gasteiger partial charge in [-0.15, -0.1) is 22.7 Å². The average molecular weight is 440 g/mol. The van der Waals surface area contributed by atoms with Gasteiger partial charge < -0.3 is 4.74 Å². The van der Waals surface area contributed by atoms with E-state index in [2.05, 4.69) is 4.98 Å². The first-order valence-electron chi connectivity index (χ1n) is 9.54. The summed E-state index contributed by atoms with van der Waals surface area (Å²) in [6.45, 7) is 7.35. The van der Waals surface area contributed by atoms with Crippen LogP contribution in [0.25, 0.3) is 32.0 Å². The molecule has 0 aliphatic carbocycles. The van der Waals surface area contributed by atoms with Gasteiger partial charge >= 0.3 is 5.97 Å². The molecule has 4 aromatic rings. The molecule has 8 heteroatoms. The summed E-state index contributed by atoms with van der Waals surface area (Å²) in [6.07, 6.45) is 3.29. The van der Waals surface area contributed by atoms with Gasteiger partial charge in [-0.05, 0) is 51.3 Å². The third-order valence-corrected chi connectivity index (χ3v) is 6.83. The van der Waals surface area contributed by atoms with E-state index in [0.717, 1.165) is 15.3 Å². The molecule has 0 amide bonds. The van der Waals surface area contributed by atoms with Gasteiger partial charge in [0.25, 0.3) is 5.56 Å². The average Bonchev–Trinajstić information content (AvgIpc) is 3.35. The topological polar surface area (TPSA) is 74.1 Å². The Morgan fingerprint density at radius 2 is 1.97 bits per heavy atom. The highest BCUT2D eigenvalue weighted by atomic mass is 32.1.